The summed E-state index contributed by atoms with van der Waals surface area (Å²) >= 11 is 0. The summed E-state index contributed by atoms with van der Waals surface area (Å²) in [6.45, 7) is 2.83. The summed E-state index contributed by atoms with van der Waals surface area (Å²) in [5.74, 6) is 0.580. The number of benzene rings is 1. The molecule has 1 fully saturated rings. The van der Waals surface area contributed by atoms with Crippen molar-refractivity contribution in [1.82, 2.24) is 9.88 Å². The van der Waals surface area contributed by atoms with Crippen LogP contribution in [-0.2, 0) is 17.6 Å². The first-order valence-electron chi connectivity index (χ1n) is 9.58. The number of fused-ring (bicyclic) bond motifs is 1. The van der Waals surface area contributed by atoms with E-state index < -0.39 is 0 Å². The van der Waals surface area contributed by atoms with Gasteiger partial charge in [-0.3, -0.25) is 9.78 Å². The Labute approximate surface area is 158 Å². The number of aromatic nitrogens is 1. The van der Waals surface area contributed by atoms with Crippen molar-refractivity contribution in [2.75, 3.05) is 37.7 Å². The van der Waals surface area contributed by atoms with Crippen LogP contribution in [0.2, 0.25) is 0 Å². The quantitative estimate of drug-likeness (QED) is 0.831. The van der Waals surface area contributed by atoms with E-state index in [1.165, 1.54) is 18.6 Å². The van der Waals surface area contributed by atoms with E-state index in [1.807, 2.05) is 11.0 Å². The molecule has 2 aromatic rings. The highest BCUT2D eigenvalue weighted by atomic mass is 19.1. The summed E-state index contributed by atoms with van der Waals surface area (Å²) in [4.78, 5) is 21.0. The standard InChI is InChI=1S/C21H24FN3O2/c22-16-5-7-17(8-6-16)24-11-13-25(14-12-24)21(26)15-27-20-9-10-23-19-4-2-1-3-18(19)20/h5-10H,1-4,11-15H2. The van der Waals surface area contributed by atoms with Crippen molar-refractivity contribution >= 4 is 11.6 Å². The number of hydrogen-bond donors (Lipinski definition) is 0. The van der Waals surface area contributed by atoms with Gasteiger partial charge in [0, 0.05) is 49.3 Å². The first-order chi connectivity index (χ1) is 13.2. The zero-order valence-electron chi connectivity index (χ0n) is 15.4. The molecule has 6 heteroatoms. The number of nitrogens with zero attached hydrogens (tertiary/aromatic N) is 3. The summed E-state index contributed by atoms with van der Waals surface area (Å²) in [7, 11) is 0. The Kier molecular flexibility index (Phi) is 5.23. The number of halogens is 1. The fraction of sp³-hybridized carbons (Fsp3) is 0.429. The third-order valence-electron chi connectivity index (χ3n) is 5.37. The zero-order valence-corrected chi connectivity index (χ0v) is 15.4. The molecule has 1 amide bonds. The van der Waals surface area contributed by atoms with Crippen molar-refractivity contribution in [1.29, 1.82) is 0 Å². The van der Waals surface area contributed by atoms with E-state index in [1.54, 1.807) is 18.3 Å². The van der Waals surface area contributed by atoms with Crippen LogP contribution in [0.5, 0.6) is 5.75 Å². The molecule has 1 saturated heterocycles. The Hall–Kier alpha value is -2.63. The van der Waals surface area contributed by atoms with Crippen molar-refractivity contribution in [3.63, 3.8) is 0 Å². The molecule has 1 aliphatic carbocycles. The van der Waals surface area contributed by atoms with Crippen molar-refractivity contribution in [3.8, 4) is 5.75 Å². The number of rotatable bonds is 4. The molecule has 2 heterocycles. The molecule has 0 spiro atoms. The van der Waals surface area contributed by atoms with Gasteiger partial charge in [-0.25, -0.2) is 4.39 Å². The van der Waals surface area contributed by atoms with Crippen LogP contribution in [0.25, 0.3) is 0 Å². The zero-order chi connectivity index (χ0) is 18.6. The predicted octanol–water partition coefficient (Wildman–Crippen LogP) is 2.83. The van der Waals surface area contributed by atoms with Crippen molar-refractivity contribution < 1.29 is 13.9 Å². The molecule has 27 heavy (non-hydrogen) atoms. The van der Waals surface area contributed by atoms with Crippen molar-refractivity contribution in [2.45, 2.75) is 25.7 Å². The molecule has 4 rings (SSSR count). The minimum absolute atomic E-state index is 0.00938. The first kappa shape index (κ1) is 17.8. The van der Waals surface area contributed by atoms with Crippen molar-refractivity contribution in [3.05, 3.63) is 53.6 Å². The maximum Gasteiger partial charge on any atom is 0.260 e. The average molecular weight is 369 g/mol. The van der Waals surface area contributed by atoms with E-state index in [9.17, 15) is 9.18 Å². The number of hydrogen-bond acceptors (Lipinski definition) is 4. The summed E-state index contributed by atoms with van der Waals surface area (Å²) in [6.07, 6.45) is 6.05. The summed E-state index contributed by atoms with van der Waals surface area (Å²) in [6, 6.07) is 8.36. The van der Waals surface area contributed by atoms with Gasteiger partial charge in [0.15, 0.2) is 6.61 Å². The van der Waals surface area contributed by atoms with Gasteiger partial charge in [-0.15, -0.1) is 0 Å². The second-order valence-electron chi connectivity index (χ2n) is 7.07. The molecular weight excluding hydrogens is 345 g/mol. The fourth-order valence-electron chi connectivity index (χ4n) is 3.82. The molecule has 5 nitrogen and oxygen atoms in total. The minimum atomic E-state index is -0.233. The third kappa shape index (κ3) is 4.04. The molecule has 0 N–H and O–H groups in total. The predicted molar refractivity (Wildman–Crippen MR) is 102 cm³/mol. The Balaban J connectivity index is 1.31. The lowest BCUT2D eigenvalue weighted by Gasteiger charge is -2.36. The summed E-state index contributed by atoms with van der Waals surface area (Å²) < 4.78 is 18.9. The van der Waals surface area contributed by atoms with E-state index in [0.29, 0.717) is 13.1 Å². The van der Waals surface area contributed by atoms with Gasteiger partial charge in [-0.05, 0) is 56.0 Å². The highest BCUT2D eigenvalue weighted by Crippen LogP contribution is 2.28. The third-order valence-corrected chi connectivity index (χ3v) is 5.37. The average Bonchev–Trinajstić information content (AvgIpc) is 2.72. The van der Waals surface area contributed by atoms with Gasteiger partial charge in [0.25, 0.3) is 5.91 Å². The van der Waals surface area contributed by atoms with Gasteiger partial charge in [0.2, 0.25) is 0 Å². The number of aryl methyl sites for hydroxylation is 1. The topological polar surface area (TPSA) is 45.7 Å². The molecule has 1 aromatic heterocycles. The normalized spacial score (nSPS) is 16.8. The van der Waals surface area contributed by atoms with E-state index in [-0.39, 0.29) is 18.3 Å². The van der Waals surface area contributed by atoms with E-state index in [4.69, 9.17) is 4.74 Å². The van der Waals surface area contributed by atoms with Gasteiger partial charge in [-0.1, -0.05) is 0 Å². The Morgan fingerprint density at radius 1 is 1.04 bits per heavy atom. The molecule has 0 bridgehead atoms. The molecule has 2 aliphatic rings. The maximum absolute atomic E-state index is 13.1. The van der Waals surface area contributed by atoms with Crippen LogP contribution in [0.1, 0.15) is 24.1 Å². The SMILES string of the molecule is O=C(COc1ccnc2c1CCCC2)N1CCN(c2ccc(F)cc2)CC1. The molecular formula is C21H24FN3O2. The summed E-state index contributed by atoms with van der Waals surface area (Å²) in [5.41, 5.74) is 3.26. The minimum Gasteiger partial charge on any atom is -0.483 e. The highest BCUT2D eigenvalue weighted by molar-refractivity contribution is 5.78. The number of anilines is 1. The molecule has 142 valence electrons. The van der Waals surface area contributed by atoms with Crippen LogP contribution in [0.4, 0.5) is 10.1 Å². The Bertz CT molecular complexity index is 802. The van der Waals surface area contributed by atoms with E-state index >= 15 is 0 Å². The lowest BCUT2D eigenvalue weighted by Crippen LogP contribution is -2.50. The number of carbonyl (C=O) groups is 1. The van der Waals surface area contributed by atoms with E-state index in [0.717, 1.165) is 55.0 Å². The van der Waals surface area contributed by atoms with Gasteiger partial charge in [-0.2, -0.15) is 0 Å². The largest absolute Gasteiger partial charge is 0.483 e. The number of carbonyl (C=O) groups excluding carboxylic acids is 1. The van der Waals surface area contributed by atoms with Crippen LogP contribution in [0.15, 0.2) is 36.5 Å². The van der Waals surface area contributed by atoms with Gasteiger partial charge >= 0.3 is 0 Å². The highest BCUT2D eigenvalue weighted by Gasteiger charge is 2.22. The number of ether oxygens (including phenoxy) is 1. The van der Waals surface area contributed by atoms with Crippen molar-refractivity contribution in [2.24, 2.45) is 0 Å². The number of piperazine rings is 1. The second kappa shape index (κ2) is 7.94. The van der Waals surface area contributed by atoms with Crippen LogP contribution in [0, 0.1) is 5.82 Å². The van der Waals surface area contributed by atoms with Gasteiger partial charge in [0.1, 0.15) is 11.6 Å². The Morgan fingerprint density at radius 2 is 1.78 bits per heavy atom. The van der Waals surface area contributed by atoms with Gasteiger partial charge < -0.3 is 14.5 Å². The molecule has 1 aliphatic heterocycles. The number of amides is 1. The van der Waals surface area contributed by atoms with Crippen LogP contribution in [0.3, 0.4) is 0 Å². The second-order valence-corrected chi connectivity index (χ2v) is 7.07. The van der Waals surface area contributed by atoms with Crippen LogP contribution < -0.4 is 9.64 Å². The van der Waals surface area contributed by atoms with Crippen LogP contribution in [-0.4, -0.2) is 48.6 Å². The summed E-state index contributed by atoms with van der Waals surface area (Å²) in [5, 5.41) is 0. The molecule has 0 radical (unpaired) electrons. The lowest BCUT2D eigenvalue weighted by atomic mass is 9.95. The first-order valence-corrected chi connectivity index (χ1v) is 9.58. The molecule has 0 atom stereocenters. The van der Waals surface area contributed by atoms with Crippen LogP contribution >= 0.6 is 0 Å². The molecule has 0 saturated carbocycles. The Morgan fingerprint density at radius 3 is 2.56 bits per heavy atom. The fourth-order valence-corrected chi connectivity index (χ4v) is 3.82. The van der Waals surface area contributed by atoms with E-state index in [2.05, 4.69) is 9.88 Å². The maximum atomic E-state index is 13.1. The smallest absolute Gasteiger partial charge is 0.260 e. The lowest BCUT2D eigenvalue weighted by molar-refractivity contribution is -0.133. The monoisotopic (exact) mass is 369 g/mol. The van der Waals surface area contributed by atoms with Gasteiger partial charge in [0.05, 0.1) is 0 Å². The number of pyridine rings is 1. The molecule has 0 unspecified atom stereocenters. The molecule has 1 aromatic carbocycles.